The second-order valence-electron chi connectivity index (χ2n) is 5.66. The number of alkyl carbamates (subject to hydrolysis) is 1. The molecule has 0 unspecified atom stereocenters. The topological polar surface area (TPSA) is 131 Å². The number of nitrogens with one attached hydrogen (secondary N) is 2. The minimum Gasteiger partial charge on any atom is -0.480 e. The largest absolute Gasteiger partial charge is 0.480 e. The van der Waals surface area contributed by atoms with E-state index in [1.165, 1.54) is 12.2 Å². The summed E-state index contributed by atoms with van der Waals surface area (Å²) in [5.74, 6) is -2.91. The van der Waals surface area contributed by atoms with Crippen molar-refractivity contribution in [2.24, 2.45) is 5.92 Å². The van der Waals surface area contributed by atoms with Crippen molar-refractivity contribution in [3.8, 4) is 0 Å². The number of hydrogen-bond acceptors (Lipinski definition) is 6. The maximum atomic E-state index is 12.3. The Morgan fingerprint density at radius 1 is 1.04 bits per heavy atom. The predicted octanol–water partition coefficient (Wildman–Crippen LogP) is 1.00. The first-order valence-electron chi connectivity index (χ1n) is 8.06. The molecule has 0 aliphatic rings. The lowest BCUT2D eigenvalue weighted by Gasteiger charge is -2.23. The van der Waals surface area contributed by atoms with E-state index < -0.39 is 36.0 Å². The summed E-state index contributed by atoms with van der Waals surface area (Å²) in [5, 5.41) is 13.9. The molecule has 0 rings (SSSR count). The van der Waals surface area contributed by atoms with Crippen molar-refractivity contribution in [2.75, 3.05) is 13.2 Å². The highest BCUT2D eigenvalue weighted by Gasteiger charge is 2.29. The Balaban J connectivity index is 4.79. The van der Waals surface area contributed by atoms with Gasteiger partial charge in [0.25, 0.3) is 0 Å². The predicted molar refractivity (Wildman–Crippen MR) is 93.3 cm³/mol. The zero-order valence-corrected chi connectivity index (χ0v) is 15.0. The highest BCUT2D eigenvalue weighted by molar-refractivity contribution is 5.89. The van der Waals surface area contributed by atoms with Gasteiger partial charge in [0.05, 0.1) is 0 Å². The fourth-order valence-corrected chi connectivity index (χ4v) is 1.84. The summed E-state index contributed by atoms with van der Waals surface area (Å²) in [5.41, 5.74) is 0. The summed E-state index contributed by atoms with van der Waals surface area (Å²) in [6.45, 7) is 10.2. The third-order valence-corrected chi connectivity index (χ3v) is 3.17. The molecule has 146 valence electrons. The van der Waals surface area contributed by atoms with Crippen molar-refractivity contribution < 1.29 is 33.8 Å². The van der Waals surface area contributed by atoms with Crippen molar-refractivity contribution >= 4 is 23.9 Å². The van der Waals surface area contributed by atoms with Crippen molar-refractivity contribution in [3.63, 3.8) is 0 Å². The number of carbonyl (C=O) groups is 4. The van der Waals surface area contributed by atoms with Gasteiger partial charge in [0.15, 0.2) is 0 Å². The number of aliphatic carboxylic acids is 1. The molecule has 0 fully saturated rings. The van der Waals surface area contributed by atoms with Crippen LogP contribution in [0.4, 0.5) is 4.79 Å². The third-order valence-electron chi connectivity index (χ3n) is 3.17. The molecule has 0 aliphatic carbocycles. The van der Waals surface area contributed by atoms with Crippen molar-refractivity contribution in [1.29, 1.82) is 0 Å². The van der Waals surface area contributed by atoms with Gasteiger partial charge in [0.2, 0.25) is 5.91 Å². The Morgan fingerprint density at radius 2 is 1.62 bits per heavy atom. The molecule has 9 nitrogen and oxygen atoms in total. The number of carbonyl (C=O) groups excluding carboxylic acids is 3. The molecule has 3 N–H and O–H groups in total. The molecule has 0 bridgehead atoms. The van der Waals surface area contributed by atoms with E-state index in [-0.39, 0.29) is 32.0 Å². The van der Waals surface area contributed by atoms with Crippen LogP contribution in [0.1, 0.15) is 26.7 Å². The molecular formula is C17H26N2O7. The van der Waals surface area contributed by atoms with Crippen LogP contribution in [-0.4, -0.2) is 54.3 Å². The summed E-state index contributed by atoms with van der Waals surface area (Å²) < 4.78 is 9.52. The van der Waals surface area contributed by atoms with Gasteiger partial charge in [-0.1, -0.05) is 39.2 Å². The Morgan fingerprint density at radius 3 is 2.12 bits per heavy atom. The quantitative estimate of drug-likeness (QED) is 0.345. The normalized spacial score (nSPS) is 12.4. The number of ether oxygens (including phenoxy) is 2. The molecule has 0 aromatic heterocycles. The van der Waals surface area contributed by atoms with E-state index in [2.05, 4.69) is 23.8 Å². The first kappa shape index (κ1) is 23.2. The summed E-state index contributed by atoms with van der Waals surface area (Å²) in [7, 11) is 0. The lowest BCUT2D eigenvalue weighted by atomic mass is 10.0. The van der Waals surface area contributed by atoms with Gasteiger partial charge in [0, 0.05) is 6.42 Å². The Hall–Kier alpha value is -2.84. The molecule has 0 spiro atoms. The molecule has 0 radical (unpaired) electrons. The molecule has 26 heavy (non-hydrogen) atoms. The lowest BCUT2D eigenvalue weighted by Crippen LogP contribution is -2.53. The zero-order chi connectivity index (χ0) is 20.1. The molecule has 9 heteroatoms. The smallest absolute Gasteiger partial charge is 0.408 e. The average Bonchev–Trinajstić information content (AvgIpc) is 2.58. The fourth-order valence-electron chi connectivity index (χ4n) is 1.84. The number of carboxylic acid groups (broad SMARTS) is 1. The van der Waals surface area contributed by atoms with Crippen LogP contribution in [-0.2, 0) is 23.9 Å². The van der Waals surface area contributed by atoms with Crippen LogP contribution in [0.2, 0.25) is 0 Å². The molecule has 0 heterocycles. The molecule has 0 aliphatic heterocycles. The van der Waals surface area contributed by atoms with E-state index in [0.717, 1.165) is 0 Å². The van der Waals surface area contributed by atoms with Crippen LogP contribution in [0.3, 0.4) is 0 Å². The summed E-state index contributed by atoms with van der Waals surface area (Å²) in [6, 6.07) is -2.30. The standard InChI is InChI=1S/C17H26N2O7/c1-5-9-25-13(20)8-7-12(16(22)23)18-15(21)14(11(3)4)19-17(24)26-10-6-2/h5-6,11-12,14H,1-2,7-10H2,3-4H3,(H,18,21)(H,19,24)(H,22,23)/t12-,14-/m0/s1. The number of hydrogen-bond donors (Lipinski definition) is 3. The van der Waals surface area contributed by atoms with E-state index in [1.54, 1.807) is 13.8 Å². The van der Waals surface area contributed by atoms with E-state index >= 15 is 0 Å². The fraction of sp³-hybridized carbons (Fsp3) is 0.529. The SMILES string of the molecule is C=CCOC(=O)CC[C@H](NC(=O)[C@@H](NC(=O)OCC=C)C(C)C)C(=O)O. The van der Waals surface area contributed by atoms with E-state index in [0.29, 0.717) is 0 Å². The van der Waals surface area contributed by atoms with Gasteiger partial charge in [0.1, 0.15) is 25.3 Å². The summed E-state index contributed by atoms with van der Waals surface area (Å²) >= 11 is 0. The summed E-state index contributed by atoms with van der Waals surface area (Å²) in [4.78, 5) is 46.7. The second kappa shape index (κ2) is 12.5. The number of rotatable bonds is 12. The van der Waals surface area contributed by atoms with E-state index in [4.69, 9.17) is 9.47 Å². The van der Waals surface area contributed by atoms with Crippen molar-refractivity contribution in [1.82, 2.24) is 10.6 Å². The van der Waals surface area contributed by atoms with Crippen LogP contribution in [0, 0.1) is 5.92 Å². The minimum atomic E-state index is -1.30. The number of carboxylic acids is 1. The minimum absolute atomic E-state index is 0.0229. The molecule has 2 amide bonds. The monoisotopic (exact) mass is 370 g/mol. The third kappa shape index (κ3) is 9.45. The average molecular weight is 370 g/mol. The molecule has 0 saturated heterocycles. The first-order chi connectivity index (χ1) is 12.2. The van der Waals surface area contributed by atoms with Crippen molar-refractivity contribution in [2.45, 2.75) is 38.8 Å². The zero-order valence-electron chi connectivity index (χ0n) is 15.0. The van der Waals surface area contributed by atoms with E-state index in [1.807, 2.05) is 0 Å². The maximum absolute atomic E-state index is 12.3. The van der Waals surface area contributed by atoms with E-state index in [9.17, 15) is 24.3 Å². The van der Waals surface area contributed by atoms with Crippen LogP contribution >= 0.6 is 0 Å². The molecule has 2 atom stereocenters. The van der Waals surface area contributed by atoms with Gasteiger partial charge in [-0.2, -0.15) is 0 Å². The highest BCUT2D eigenvalue weighted by atomic mass is 16.5. The Kier molecular flexibility index (Phi) is 11.1. The number of esters is 1. The van der Waals surface area contributed by atoms with Gasteiger partial charge in [-0.15, -0.1) is 0 Å². The van der Waals surface area contributed by atoms with Gasteiger partial charge >= 0.3 is 18.0 Å². The first-order valence-corrected chi connectivity index (χ1v) is 8.06. The molecule has 0 aromatic rings. The van der Waals surface area contributed by atoms with Crippen molar-refractivity contribution in [3.05, 3.63) is 25.3 Å². The van der Waals surface area contributed by atoms with Gasteiger partial charge < -0.3 is 25.2 Å². The lowest BCUT2D eigenvalue weighted by molar-refractivity contribution is -0.145. The van der Waals surface area contributed by atoms with Gasteiger partial charge in [-0.3, -0.25) is 9.59 Å². The maximum Gasteiger partial charge on any atom is 0.408 e. The Bertz CT molecular complexity index is 531. The highest BCUT2D eigenvalue weighted by Crippen LogP contribution is 2.06. The van der Waals surface area contributed by atoms with Gasteiger partial charge in [-0.25, -0.2) is 9.59 Å². The van der Waals surface area contributed by atoms with Crippen LogP contribution < -0.4 is 10.6 Å². The molecule has 0 saturated carbocycles. The number of amides is 2. The van der Waals surface area contributed by atoms with Crippen LogP contribution in [0.5, 0.6) is 0 Å². The Labute approximate surface area is 152 Å². The molecule has 0 aromatic carbocycles. The van der Waals surface area contributed by atoms with Crippen LogP contribution in [0.15, 0.2) is 25.3 Å². The van der Waals surface area contributed by atoms with Gasteiger partial charge in [-0.05, 0) is 12.3 Å². The van der Waals surface area contributed by atoms with Crippen LogP contribution in [0.25, 0.3) is 0 Å². The second-order valence-corrected chi connectivity index (χ2v) is 5.66. The molecular weight excluding hydrogens is 344 g/mol. The summed E-state index contributed by atoms with van der Waals surface area (Å²) in [6.07, 6.45) is 1.60.